The molecule has 1 saturated heterocycles. The van der Waals surface area contributed by atoms with Gasteiger partial charge in [-0.3, -0.25) is 13.2 Å². The summed E-state index contributed by atoms with van der Waals surface area (Å²) >= 11 is -1.84. The van der Waals surface area contributed by atoms with Crippen molar-refractivity contribution in [2.45, 2.75) is 58.6 Å². The van der Waals surface area contributed by atoms with Crippen molar-refractivity contribution < 1.29 is 17.4 Å². The molecule has 106 valence electrons. The van der Waals surface area contributed by atoms with Crippen molar-refractivity contribution >= 4 is 17.3 Å². The van der Waals surface area contributed by atoms with Gasteiger partial charge >= 0.3 is 11.4 Å². The second kappa shape index (κ2) is 7.86. The third-order valence-electron chi connectivity index (χ3n) is 2.92. The molecule has 0 N–H and O–H groups in total. The molecule has 1 aliphatic heterocycles. The minimum atomic E-state index is -1.84. The molecule has 2 unspecified atom stereocenters. The normalized spacial score (nSPS) is 22.9. The topological polar surface area (TPSA) is 55.8 Å². The maximum atomic E-state index is 12.0. The highest BCUT2D eigenvalue weighted by atomic mass is 32.2. The summed E-state index contributed by atoms with van der Waals surface area (Å²) in [4.78, 5) is 13.8. The number of nitrogens with zero attached hydrogens (tertiary/aromatic N) is 1. The third-order valence-corrected chi connectivity index (χ3v) is 3.78. The van der Waals surface area contributed by atoms with Crippen LogP contribution in [0.1, 0.15) is 46.5 Å². The van der Waals surface area contributed by atoms with Gasteiger partial charge in [-0.2, -0.15) is 4.21 Å². The van der Waals surface area contributed by atoms with Gasteiger partial charge in [0.05, 0.1) is 6.10 Å². The number of likely N-dealkylation sites (tertiary alicyclic amines) is 1. The molecule has 1 heterocycles. The summed E-state index contributed by atoms with van der Waals surface area (Å²) in [6.45, 7) is 6.16. The predicted octanol–water partition coefficient (Wildman–Crippen LogP) is 1.80. The number of rotatable bonds is 5. The fourth-order valence-corrected chi connectivity index (χ4v) is 2.58. The SMILES string of the molecule is CC(C)OS(=O)OCC(=O)N1CCCCCC1C. The first-order valence-corrected chi connectivity index (χ1v) is 7.52. The number of hydrogen-bond acceptors (Lipinski definition) is 4. The zero-order valence-corrected chi connectivity index (χ0v) is 12.2. The highest BCUT2D eigenvalue weighted by Gasteiger charge is 2.22. The molecule has 18 heavy (non-hydrogen) atoms. The Hall–Kier alpha value is -0.460. The van der Waals surface area contributed by atoms with E-state index in [1.165, 1.54) is 0 Å². The molecule has 6 heteroatoms. The summed E-state index contributed by atoms with van der Waals surface area (Å²) in [5.41, 5.74) is 0. The molecule has 1 amide bonds. The molecule has 0 radical (unpaired) electrons. The minimum Gasteiger partial charge on any atom is -0.338 e. The molecule has 1 fully saturated rings. The molecule has 2 atom stereocenters. The van der Waals surface area contributed by atoms with Crippen molar-refractivity contribution in [1.29, 1.82) is 0 Å². The average Bonchev–Trinajstić information content (AvgIpc) is 2.50. The van der Waals surface area contributed by atoms with Gasteiger partial charge in [-0.25, -0.2) is 0 Å². The quantitative estimate of drug-likeness (QED) is 0.769. The zero-order valence-electron chi connectivity index (χ0n) is 11.4. The number of hydrogen-bond donors (Lipinski definition) is 0. The summed E-state index contributed by atoms with van der Waals surface area (Å²) in [5.74, 6) is -0.106. The van der Waals surface area contributed by atoms with Crippen LogP contribution in [0.3, 0.4) is 0 Å². The maximum absolute atomic E-state index is 12.0. The van der Waals surface area contributed by atoms with E-state index in [9.17, 15) is 9.00 Å². The Kier molecular flexibility index (Phi) is 6.81. The van der Waals surface area contributed by atoms with E-state index in [4.69, 9.17) is 8.37 Å². The second-order valence-corrected chi connectivity index (χ2v) is 5.73. The largest absolute Gasteiger partial charge is 0.338 e. The minimum absolute atomic E-state index is 0.106. The molecule has 0 saturated carbocycles. The molecule has 5 nitrogen and oxygen atoms in total. The monoisotopic (exact) mass is 277 g/mol. The van der Waals surface area contributed by atoms with Crippen molar-refractivity contribution in [3.63, 3.8) is 0 Å². The van der Waals surface area contributed by atoms with Gasteiger partial charge < -0.3 is 4.90 Å². The van der Waals surface area contributed by atoms with E-state index in [2.05, 4.69) is 0 Å². The number of carbonyl (C=O) groups is 1. The molecule has 0 spiro atoms. The zero-order chi connectivity index (χ0) is 13.5. The second-order valence-electron chi connectivity index (χ2n) is 4.90. The van der Waals surface area contributed by atoms with Crippen molar-refractivity contribution in [1.82, 2.24) is 4.90 Å². The summed E-state index contributed by atoms with van der Waals surface area (Å²) < 4.78 is 21.1. The lowest BCUT2D eigenvalue weighted by Crippen LogP contribution is -2.40. The fraction of sp³-hybridized carbons (Fsp3) is 0.917. The van der Waals surface area contributed by atoms with Crippen LogP contribution < -0.4 is 0 Å². The van der Waals surface area contributed by atoms with Crippen molar-refractivity contribution in [3.8, 4) is 0 Å². The Morgan fingerprint density at radius 1 is 1.39 bits per heavy atom. The highest BCUT2D eigenvalue weighted by Crippen LogP contribution is 2.16. The van der Waals surface area contributed by atoms with E-state index in [-0.39, 0.29) is 24.7 Å². The van der Waals surface area contributed by atoms with E-state index in [0.717, 1.165) is 32.2 Å². The van der Waals surface area contributed by atoms with Gasteiger partial charge in [-0.05, 0) is 33.6 Å². The Bertz CT molecular complexity index is 296. The van der Waals surface area contributed by atoms with Crippen LogP contribution in [0.25, 0.3) is 0 Å². The molecule has 0 bridgehead atoms. The van der Waals surface area contributed by atoms with E-state index in [1.54, 1.807) is 13.8 Å². The van der Waals surface area contributed by atoms with Gasteiger partial charge in [-0.1, -0.05) is 12.8 Å². The lowest BCUT2D eigenvalue weighted by Gasteiger charge is -2.26. The third kappa shape index (κ3) is 5.46. The van der Waals surface area contributed by atoms with Crippen molar-refractivity contribution in [2.24, 2.45) is 0 Å². The average molecular weight is 277 g/mol. The van der Waals surface area contributed by atoms with E-state index >= 15 is 0 Å². The van der Waals surface area contributed by atoms with Crippen LogP contribution in [-0.4, -0.2) is 40.3 Å². The fourth-order valence-electron chi connectivity index (χ4n) is 2.01. The molecule has 0 aromatic carbocycles. The van der Waals surface area contributed by atoms with Gasteiger partial charge in [0.25, 0.3) is 0 Å². The van der Waals surface area contributed by atoms with Gasteiger partial charge in [0, 0.05) is 12.6 Å². The van der Waals surface area contributed by atoms with E-state index < -0.39 is 11.4 Å². The summed E-state index contributed by atoms with van der Waals surface area (Å²) in [5, 5.41) is 0. The highest BCUT2D eigenvalue weighted by molar-refractivity contribution is 7.75. The van der Waals surface area contributed by atoms with Crippen LogP contribution in [0.2, 0.25) is 0 Å². The molecule has 1 rings (SSSR count). The van der Waals surface area contributed by atoms with Crippen LogP contribution in [0.5, 0.6) is 0 Å². The van der Waals surface area contributed by atoms with Crippen molar-refractivity contribution in [2.75, 3.05) is 13.2 Å². The van der Waals surface area contributed by atoms with E-state index in [1.807, 2.05) is 11.8 Å². The van der Waals surface area contributed by atoms with E-state index in [0.29, 0.717) is 0 Å². The predicted molar refractivity (Wildman–Crippen MR) is 70.0 cm³/mol. The van der Waals surface area contributed by atoms with Crippen LogP contribution >= 0.6 is 0 Å². The van der Waals surface area contributed by atoms with Gasteiger partial charge in [0.1, 0.15) is 6.61 Å². The summed E-state index contributed by atoms with van der Waals surface area (Å²) in [6, 6.07) is 0.239. The van der Waals surface area contributed by atoms with Gasteiger partial charge in [-0.15, -0.1) is 0 Å². The van der Waals surface area contributed by atoms with Crippen LogP contribution in [0, 0.1) is 0 Å². The Balaban J connectivity index is 2.37. The Morgan fingerprint density at radius 2 is 2.11 bits per heavy atom. The molecule has 0 aromatic heterocycles. The van der Waals surface area contributed by atoms with Crippen molar-refractivity contribution in [3.05, 3.63) is 0 Å². The Morgan fingerprint density at radius 3 is 2.78 bits per heavy atom. The van der Waals surface area contributed by atoms with Crippen LogP contribution in [0.4, 0.5) is 0 Å². The first-order valence-electron chi connectivity index (χ1n) is 6.52. The standard InChI is InChI=1S/C12H23NO4S/c1-10(2)17-18(15)16-9-12(14)13-8-6-4-5-7-11(13)3/h10-11H,4-9H2,1-3H3. The first-order chi connectivity index (χ1) is 8.50. The molecule has 0 aromatic rings. The summed E-state index contributed by atoms with van der Waals surface area (Å²) in [7, 11) is 0. The molecule has 1 aliphatic rings. The van der Waals surface area contributed by atoms with Crippen LogP contribution in [0.15, 0.2) is 0 Å². The maximum Gasteiger partial charge on any atom is 0.305 e. The van der Waals surface area contributed by atoms with Gasteiger partial charge in [0.2, 0.25) is 5.91 Å². The number of amides is 1. The molecule has 0 aliphatic carbocycles. The van der Waals surface area contributed by atoms with Gasteiger partial charge in [0.15, 0.2) is 0 Å². The lowest BCUT2D eigenvalue weighted by atomic mass is 10.1. The summed E-state index contributed by atoms with van der Waals surface area (Å²) in [6.07, 6.45) is 4.20. The first kappa shape index (κ1) is 15.6. The molecular weight excluding hydrogens is 254 g/mol. The number of carbonyl (C=O) groups excluding carboxylic acids is 1. The molecular formula is C12H23NO4S. The lowest BCUT2D eigenvalue weighted by molar-refractivity contribution is -0.135. The Labute approximate surface area is 112 Å². The van der Waals surface area contributed by atoms with Crippen LogP contribution in [-0.2, 0) is 24.5 Å². The smallest absolute Gasteiger partial charge is 0.305 e.